The zero-order chi connectivity index (χ0) is 17.1. The van der Waals surface area contributed by atoms with Gasteiger partial charge in [0.05, 0.1) is 5.69 Å². The molecular formula is C18H18ClN3O2. The van der Waals surface area contributed by atoms with E-state index in [0.717, 1.165) is 29.7 Å². The SMILES string of the molecule is Cn1nc2c(cc1=O)CC(NC(=O)C=Cc1ccccc1Cl)CC2. The standard InChI is InChI=1S/C18H18ClN3O2/c1-22-18(24)11-13-10-14(7-8-16(13)21-22)20-17(23)9-6-12-4-2-3-5-15(12)19/h2-6,9,11,14H,7-8,10H2,1H3,(H,20,23). The van der Waals surface area contributed by atoms with E-state index in [4.69, 9.17) is 11.6 Å². The quantitative estimate of drug-likeness (QED) is 0.868. The number of nitrogens with zero attached hydrogens (tertiary/aromatic N) is 2. The van der Waals surface area contributed by atoms with Gasteiger partial charge in [-0.3, -0.25) is 9.59 Å². The normalized spacial score (nSPS) is 16.8. The van der Waals surface area contributed by atoms with Crippen molar-refractivity contribution in [2.75, 3.05) is 0 Å². The van der Waals surface area contributed by atoms with Gasteiger partial charge in [0.1, 0.15) is 0 Å². The van der Waals surface area contributed by atoms with Crippen LogP contribution in [0.2, 0.25) is 5.02 Å². The van der Waals surface area contributed by atoms with Gasteiger partial charge in [-0.2, -0.15) is 5.10 Å². The second kappa shape index (κ2) is 7.01. The minimum absolute atomic E-state index is 0.00908. The Hall–Kier alpha value is -2.40. The van der Waals surface area contributed by atoms with Crippen LogP contribution in [0.4, 0.5) is 0 Å². The summed E-state index contributed by atoms with van der Waals surface area (Å²) in [5.74, 6) is -0.167. The minimum Gasteiger partial charge on any atom is -0.349 e. The molecule has 5 nitrogen and oxygen atoms in total. The number of fused-ring (bicyclic) bond motifs is 1. The van der Waals surface area contributed by atoms with Gasteiger partial charge in [0.25, 0.3) is 5.56 Å². The summed E-state index contributed by atoms with van der Waals surface area (Å²) in [6.07, 6.45) is 5.38. The van der Waals surface area contributed by atoms with Gasteiger partial charge in [0, 0.05) is 30.3 Å². The van der Waals surface area contributed by atoms with Crippen LogP contribution in [0.3, 0.4) is 0 Å². The van der Waals surface area contributed by atoms with E-state index in [2.05, 4.69) is 10.4 Å². The summed E-state index contributed by atoms with van der Waals surface area (Å²) in [6.45, 7) is 0. The molecule has 0 aliphatic heterocycles. The van der Waals surface area contributed by atoms with Crippen LogP contribution >= 0.6 is 11.6 Å². The van der Waals surface area contributed by atoms with E-state index in [-0.39, 0.29) is 17.5 Å². The van der Waals surface area contributed by atoms with E-state index in [1.54, 1.807) is 25.3 Å². The van der Waals surface area contributed by atoms with Crippen molar-refractivity contribution in [1.82, 2.24) is 15.1 Å². The van der Waals surface area contributed by atoms with Crippen molar-refractivity contribution in [2.24, 2.45) is 7.05 Å². The van der Waals surface area contributed by atoms with Gasteiger partial charge in [-0.25, -0.2) is 4.68 Å². The number of halogens is 1. The van der Waals surface area contributed by atoms with Crippen LogP contribution in [0, 0.1) is 0 Å². The minimum atomic E-state index is -0.167. The van der Waals surface area contributed by atoms with Crippen LogP contribution in [0.5, 0.6) is 0 Å². The Bertz CT molecular complexity index is 858. The molecule has 0 saturated carbocycles. The number of aryl methyl sites for hydroxylation is 2. The fourth-order valence-corrected chi connectivity index (χ4v) is 3.03. The lowest BCUT2D eigenvalue weighted by Crippen LogP contribution is -2.39. The number of carbonyl (C=O) groups is 1. The van der Waals surface area contributed by atoms with Crippen LogP contribution in [0.15, 0.2) is 41.2 Å². The molecule has 1 N–H and O–H groups in total. The zero-order valence-corrected chi connectivity index (χ0v) is 14.1. The Labute approximate surface area is 145 Å². The lowest BCUT2D eigenvalue weighted by molar-refractivity contribution is -0.117. The van der Waals surface area contributed by atoms with Gasteiger partial charge in [-0.1, -0.05) is 29.8 Å². The lowest BCUT2D eigenvalue weighted by Gasteiger charge is -2.24. The molecule has 1 amide bonds. The average Bonchev–Trinajstić information content (AvgIpc) is 2.55. The number of benzene rings is 1. The van der Waals surface area contributed by atoms with Crippen LogP contribution < -0.4 is 10.9 Å². The number of hydrogen-bond donors (Lipinski definition) is 1. The van der Waals surface area contributed by atoms with Crippen molar-refractivity contribution in [1.29, 1.82) is 0 Å². The Morgan fingerprint density at radius 3 is 3.00 bits per heavy atom. The predicted octanol–water partition coefficient (Wildman–Crippen LogP) is 2.12. The Morgan fingerprint density at radius 2 is 2.21 bits per heavy atom. The molecule has 2 aromatic rings. The fraction of sp³-hybridized carbons (Fsp3) is 0.278. The zero-order valence-electron chi connectivity index (χ0n) is 13.3. The Kier molecular flexibility index (Phi) is 4.81. The second-order valence-corrected chi connectivity index (χ2v) is 6.29. The van der Waals surface area contributed by atoms with Crippen LogP contribution in [0.1, 0.15) is 23.2 Å². The van der Waals surface area contributed by atoms with Crippen LogP contribution in [-0.4, -0.2) is 21.7 Å². The van der Waals surface area contributed by atoms with Gasteiger partial charge in [0.15, 0.2) is 0 Å². The number of nitrogens with one attached hydrogen (secondary N) is 1. The molecule has 1 aromatic carbocycles. The molecule has 0 fully saturated rings. The summed E-state index contributed by atoms with van der Waals surface area (Å²) in [5.41, 5.74) is 2.54. The molecule has 1 aromatic heterocycles. The van der Waals surface area contributed by atoms with Gasteiger partial charge in [-0.15, -0.1) is 0 Å². The van der Waals surface area contributed by atoms with Crippen molar-refractivity contribution in [3.63, 3.8) is 0 Å². The average molecular weight is 344 g/mol. The van der Waals surface area contributed by atoms with E-state index < -0.39 is 0 Å². The third-order valence-corrected chi connectivity index (χ3v) is 4.46. The summed E-state index contributed by atoms with van der Waals surface area (Å²) in [6, 6.07) is 8.97. The maximum absolute atomic E-state index is 12.1. The number of rotatable bonds is 3. The largest absolute Gasteiger partial charge is 0.349 e. The molecule has 1 aliphatic rings. The second-order valence-electron chi connectivity index (χ2n) is 5.88. The molecule has 0 spiro atoms. The number of carbonyl (C=O) groups excluding carboxylic acids is 1. The maximum Gasteiger partial charge on any atom is 0.266 e. The number of hydrogen-bond acceptors (Lipinski definition) is 3. The van der Waals surface area contributed by atoms with E-state index >= 15 is 0 Å². The highest BCUT2D eigenvalue weighted by molar-refractivity contribution is 6.32. The van der Waals surface area contributed by atoms with Crippen molar-refractivity contribution in [2.45, 2.75) is 25.3 Å². The fourth-order valence-electron chi connectivity index (χ4n) is 2.83. The van der Waals surface area contributed by atoms with Gasteiger partial charge in [-0.05, 0) is 42.5 Å². The van der Waals surface area contributed by atoms with Crippen molar-refractivity contribution < 1.29 is 4.79 Å². The maximum atomic E-state index is 12.1. The van der Waals surface area contributed by atoms with Crippen LogP contribution in [-0.2, 0) is 24.7 Å². The lowest BCUT2D eigenvalue weighted by atomic mass is 9.92. The van der Waals surface area contributed by atoms with E-state index in [0.29, 0.717) is 11.4 Å². The third kappa shape index (κ3) is 3.74. The van der Waals surface area contributed by atoms with E-state index in [1.807, 2.05) is 18.2 Å². The molecule has 1 atom stereocenters. The first-order valence-electron chi connectivity index (χ1n) is 7.82. The van der Waals surface area contributed by atoms with Gasteiger partial charge >= 0.3 is 0 Å². The summed E-state index contributed by atoms with van der Waals surface area (Å²) in [5, 5.41) is 7.86. The van der Waals surface area contributed by atoms with Crippen molar-refractivity contribution in [3.8, 4) is 0 Å². The molecule has 3 rings (SSSR count). The third-order valence-electron chi connectivity index (χ3n) is 4.12. The summed E-state index contributed by atoms with van der Waals surface area (Å²) < 4.78 is 1.35. The summed E-state index contributed by atoms with van der Waals surface area (Å²) >= 11 is 6.06. The summed E-state index contributed by atoms with van der Waals surface area (Å²) in [7, 11) is 1.65. The highest BCUT2D eigenvalue weighted by atomic mass is 35.5. The Balaban J connectivity index is 1.64. The first-order chi connectivity index (χ1) is 11.5. The number of aromatic nitrogens is 2. The molecule has 124 valence electrons. The molecule has 0 radical (unpaired) electrons. The monoisotopic (exact) mass is 343 g/mol. The molecule has 6 heteroatoms. The van der Waals surface area contributed by atoms with Crippen molar-refractivity contribution in [3.05, 3.63) is 68.6 Å². The molecular weight excluding hydrogens is 326 g/mol. The molecule has 1 unspecified atom stereocenters. The molecule has 24 heavy (non-hydrogen) atoms. The molecule has 1 aliphatic carbocycles. The smallest absolute Gasteiger partial charge is 0.266 e. The predicted molar refractivity (Wildman–Crippen MR) is 93.9 cm³/mol. The first-order valence-corrected chi connectivity index (χ1v) is 8.20. The van der Waals surface area contributed by atoms with E-state index in [9.17, 15) is 9.59 Å². The molecule has 1 heterocycles. The van der Waals surface area contributed by atoms with Gasteiger partial charge in [0.2, 0.25) is 5.91 Å². The van der Waals surface area contributed by atoms with Crippen molar-refractivity contribution >= 4 is 23.6 Å². The number of amides is 1. The van der Waals surface area contributed by atoms with E-state index in [1.165, 1.54) is 10.8 Å². The topological polar surface area (TPSA) is 64.0 Å². The highest BCUT2D eigenvalue weighted by Gasteiger charge is 2.21. The molecule has 0 bridgehead atoms. The Morgan fingerprint density at radius 1 is 1.42 bits per heavy atom. The molecule has 0 saturated heterocycles. The van der Waals surface area contributed by atoms with Crippen LogP contribution in [0.25, 0.3) is 6.08 Å². The van der Waals surface area contributed by atoms with Gasteiger partial charge < -0.3 is 5.32 Å². The first kappa shape index (κ1) is 16.5. The summed E-state index contributed by atoms with van der Waals surface area (Å²) in [4.78, 5) is 23.8. The highest BCUT2D eigenvalue weighted by Crippen LogP contribution is 2.18.